The standard InChI is InChI=1S/C15H17NO4/c1-20-13(18)8-12(17)14(19)10-3-2-4-11(7-10)15(9-16)5-6-15/h2-4,7,12,14,17,19H,5-6,8H2,1H3. The Morgan fingerprint density at radius 1 is 1.50 bits per heavy atom. The van der Waals surface area contributed by atoms with Crippen LogP contribution in [0.1, 0.15) is 36.5 Å². The third-order valence-electron chi connectivity index (χ3n) is 3.71. The van der Waals surface area contributed by atoms with Crippen molar-refractivity contribution < 1.29 is 19.7 Å². The summed E-state index contributed by atoms with van der Waals surface area (Å²) in [5, 5.41) is 29.1. The molecule has 2 unspecified atom stereocenters. The molecule has 0 aromatic heterocycles. The molecule has 0 spiro atoms. The fourth-order valence-corrected chi connectivity index (χ4v) is 2.20. The molecule has 1 fully saturated rings. The van der Waals surface area contributed by atoms with Gasteiger partial charge in [-0.05, 0) is 24.0 Å². The minimum Gasteiger partial charge on any atom is -0.469 e. The van der Waals surface area contributed by atoms with Crippen LogP contribution in [0.25, 0.3) is 0 Å². The second-order valence-electron chi connectivity index (χ2n) is 5.11. The molecule has 1 saturated carbocycles. The summed E-state index contributed by atoms with van der Waals surface area (Å²) in [6.45, 7) is 0. The van der Waals surface area contributed by atoms with Gasteiger partial charge in [-0.3, -0.25) is 4.79 Å². The molecule has 1 aliphatic carbocycles. The number of carbonyl (C=O) groups excluding carboxylic acids is 1. The molecule has 1 aromatic carbocycles. The molecule has 0 aliphatic heterocycles. The molecular formula is C15H17NO4. The highest BCUT2D eigenvalue weighted by Gasteiger charge is 2.45. The molecule has 1 aromatic rings. The van der Waals surface area contributed by atoms with E-state index in [-0.39, 0.29) is 6.42 Å². The average molecular weight is 275 g/mol. The van der Waals surface area contributed by atoms with Gasteiger partial charge in [0, 0.05) is 0 Å². The third-order valence-corrected chi connectivity index (χ3v) is 3.71. The first-order valence-electron chi connectivity index (χ1n) is 6.47. The predicted octanol–water partition coefficient (Wildman–Crippen LogP) is 1.20. The summed E-state index contributed by atoms with van der Waals surface area (Å²) in [6, 6.07) is 9.27. The second-order valence-corrected chi connectivity index (χ2v) is 5.11. The van der Waals surface area contributed by atoms with Crippen LogP contribution in [0, 0.1) is 11.3 Å². The van der Waals surface area contributed by atoms with E-state index in [1.807, 2.05) is 6.07 Å². The van der Waals surface area contributed by atoms with E-state index in [4.69, 9.17) is 0 Å². The van der Waals surface area contributed by atoms with Crippen LogP contribution in [0.15, 0.2) is 24.3 Å². The van der Waals surface area contributed by atoms with Gasteiger partial charge in [-0.25, -0.2) is 0 Å². The van der Waals surface area contributed by atoms with Gasteiger partial charge in [0.1, 0.15) is 6.10 Å². The number of nitriles is 1. The van der Waals surface area contributed by atoms with Crippen LogP contribution in [0.3, 0.4) is 0 Å². The van der Waals surface area contributed by atoms with Crippen LogP contribution in [0.4, 0.5) is 0 Å². The topological polar surface area (TPSA) is 90.6 Å². The molecule has 0 radical (unpaired) electrons. The Hall–Kier alpha value is -1.90. The summed E-state index contributed by atoms with van der Waals surface area (Å²) in [7, 11) is 1.23. The van der Waals surface area contributed by atoms with Crippen molar-refractivity contribution in [3.63, 3.8) is 0 Å². The maximum absolute atomic E-state index is 11.1. The fraction of sp³-hybridized carbons (Fsp3) is 0.467. The molecule has 20 heavy (non-hydrogen) atoms. The van der Waals surface area contributed by atoms with Crippen molar-refractivity contribution in [1.82, 2.24) is 0 Å². The van der Waals surface area contributed by atoms with E-state index in [0.717, 1.165) is 18.4 Å². The summed E-state index contributed by atoms with van der Waals surface area (Å²) >= 11 is 0. The zero-order chi connectivity index (χ0) is 14.8. The maximum atomic E-state index is 11.1. The number of nitrogens with zero attached hydrogens (tertiary/aromatic N) is 1. The number of ether oxygens (including phenoxy) is 1. The summed E-state index contributed by atoms with van der Waals surface area (Å²) in [5.74, 6) is -0.580. The highest BCUT2D eigenvalue weighted by molar-refractivity contribution is 5.69. The molecule has 2 rings (SSSR count). The maximum Gasteiger partial charge on any atom is 0.308 e. The van der Waals surface area contributed by atoms with Crippen molar-refractivity contribution in [2.75, 3.05) is 7.11 Å². The van der Waals surface area contributed by atoms with Gasteiger partial charge in [0.25, 0.3) is 0 Å². The van der Waals surface area contributed by atoms with Crippen molar-refractivity contribution in [3.05, 3.63) is 35.4 Å². The van der Waals surface area contributed by atoms with E-state index in [9.17, 15) is 20.3 Å². The van der Waals surface area contributed by atoms with Crippen LogP contribution in [0.2, 0.25) is 0 Å². The number of hydrogen-bond acceptors (Lipinski definition) is 5. The largest absolute Gasteiger partial charge is 0.469 e. The third kappa shape index (κ3) is 2.82. The molecule has 1 aliphatic rings. The zero-order valence-corrected chi connectivity index (χ0v) is 11.2. The van der Waals surface area contributed by atoms with Crippen LogP contribution >= 0.6 is 0 Å². The quantitative estimate of drug-likeness (QED) is 0.788. The van der Waals surface area contributed by atoms with Crippen molar-refractivity contribution in [2.45, 2.75) is 36.9 Å². The lowest BCUT2D eigenvalue weighted by molar-refractivity contribution is -0.144. The fourth-order valence-electron chi connectivity index (χ4n) is 2.20. The lowest BCUT2D eigenvalue weighted by Gasteiger charge is -2.18. The number of rotatable bonds is 5. The van der Waals surface area contributed by atoms with E-state index in [2.05, 4.69) is 10.8 Å². The molecular weight excluding hydrogens is 258 g/mol. The van der Waals surface area contributed by atoms with Gasteiger partial charge in [-0.15, -0.1) is 0 Å². The van der Waals surface area contributed by atoms with Crippen LogP contribution in [-0.2, 0) is 14.9 Å². The second kappa shape index (κ2) is 5.61. The SMILES string of the molecule is COC(=O)CC(O)C(O)c1cccc(C2(C#N)CC2)c1. The summed E-state index contributed by atoms with van der Waals surface area (Å²) in [5.41, 5.74) is 0.908. The first kappa shape index (κ1) is 14.5. The van der Waals surface area contributed by atoms with Crippen molar-refractivity contribution >= 4 is 5.97 Å². The molecule has 5 nitrogen and oxygen atoms in total. The Bertz CT molecular complexity index is 545. The van der Waals surface area contributed by atoms with Crippen LogP contribution in [-0.4, -0.2) is 29.4 Å². The van der Waals surface area contributed by atoms with E-state index in [1.165, 1.54) is 7.11 Å². The van der Waals surface area contributed by atoms with Crippen LogP contribution < -0.4 is 0 Å². The van der Waals surface area contributed by atoms with E-state index >= 15 is 0 Å². The van der Waals surface area contributed by atoms with Gasteiger partial charge in [0.05, 0.1) is 31.1 Å². The minimum atomic E-state index is -1.23. The Morgan fingerprint density at radius 2 is 2.20 bits per heavy atom. The molecule has 2 atom stereocenters. The van der Waals surface area contributed by atoms with E-state index < -0.39 is 23.6 Å². The molecule has 0 saturated heterocycles. The first-order valence-corrected chi connectivity index (χ1v) is 6.47. The molecule has 106 valence electrons. The average Bonchev–Trinajstić information content (AvgIpc) is 3.27. The summed E-state index contributed by atoms with van der Waals surface area (Å²) in [4.78, 5) is 11.1. The normalized spacial score (nSPS) is 18.7. The molecule has 5 heteroatoms. The highest BCUT2D eigenvalue weighted by Crippen LogP contribution is 2.47. The number of methoxy groups -OCH3 is 1. The summed E-state index contributed by atoms with van der Waals surface area (Å²) in [6.07, 6.45) is -1.05. The monoisotopic (exact) mass is 275 g/mol. The number of hydrogen-bond donors (Lipinski definition) is 2. The number of aliphatic hydroxyl groups excluding tert-OH is 2. The number of benzene rings is 1. The van der Waals surface area contributed by atoms with Crippen LogP contribution in [0.5, 0.6) is 0 Å². The first-order chi connectivity index (χ1) is 9.52. The van der Waals surface area contributed by atoms with Crippen molar-refractivity contribution in [3.8, 4) is 6.07 Å². The van der Waals surface area contributed by atoms with Crippen molar-refractivity contribution in [1.29, 1.82) is 5.26 Å². The van der Waals surface area contributed by atoms with Gasteiger partial charge in [0.15, 0.2) is 0 Å². The van der Waals surface area contributed by atoms with E-state index in [0.29, 0.717) is 5.56 Å². The van der Waals surface area contributed by atoms with E-state index in [1.54, 1.807) is 18.2 Å². The minimum absolute atomic E-state index is 0.273. The number of esters is 1. The molecule has 0 amide bonds. The van der Waals surface area contributed by atoms with Gasteiger partial charge >= 0.3 is 5.97 Å². The van der Waals surface area contributed by atoms with Gasteiger partial charge < -0.3 is 14.9 Å². The van der Waals surface area contributed by atoms with Gasteiger partial charge in [0.2, 0.25) is 0 Å². The van der Waals surface area contributed by atoms with Gasteiger partial charge in [-0.1, -0.05) is 24.3 Å². The lowest BCUT2D eigenvalue weighted by atomic mass is 9.93. The molecule has 0 bridgehead atoms. The Labute approximate surface area is 117 Å². The predicted molar refractivity (Wildman–Crippen MR) is 70.6 cm³/mol. The van der Waals surface area contributed by atoms with Gasteiger partial charge in [-0.2, -0.15) is 5.26 Å². The zero-order valence-electron chi connectivity index (χ0n) is 11.2. The Balaban J connectivity index is 2.15. The lowest BCUT2D eigenvalue weighted by Crippen LogP contribution is -2.22. The number of carbonyl (C=O) groups is 1. The number of aliphatic hydroxyl groups is 2. The highest BCUT2D eigenvalue weighted by atomic mass is 16.5. The molecule has 0 heterocycles. The van der Waals surface area contributed by atoms with Crippen molar-refractivity contribution in [2.24, 2.45) is 0 Å². The summed E-state index contributed by atoms with van der Waals surface area (Å²) < 4.78 is 4.46. The Morgan fingerprint density at radius 3 is 2.75 bits per heavy atom. The molecule has 2 N–H and O–H groups in total. The Kier molecular flexibility index (Phi) is 4.07. The smallest absolute Gasteiger partial charge is 0.308 e.